The van der Waals surface area contributed by atoms with Crippen molar-refractivity contribution in [3.8, 4) is 0 Å². The van der Waals surface area contributed by atoms with Crippen LogP contribution in [0.5, 0.6) is 0 Å². The van der Waals surface area contributed by atoms with Crippen molar-refractivity contribution in [2.24, 2.45) is 5.41 Å². The summed E-state index contributed by atoms with van der Waals surface area (Å²) in [6.07, 6.45) is 6.42. The summed E-state index contributed by atoms with van der Waals surface area (Å²) in [6, 6.07) is 9.29. The SMILES string of the molecule is O=C(Cc1ccn2c1C(=O)CC1(CC1)C2)N[C@@H](Cc1coc2ccccc12)B(O)O. The standard InChI is InChI=1S/C22H23BN2O5/c26-17-11-22(6-7-22)13-25-8-5-14(21(17)25)10-20(27)24-19(23(28)29)9-15-12-30-18-4-2-1-3-16(15)18/h1-5,8,12,19,28-29H,6-7,9-11,13H2,(H,24,27)/t19-/m0/s1. The number of hydrogen-bond acceptors (Lipinski definition) is 5. The number of benzene rings is 1. The van der Waals surface area contributed by atoms with E-state index >= 15 is 0 Å². The number of fused-ring (bicyclic) bond motifs is 2. The summed E-state index contributed by atoms with van der Waals surface area (Å²) in [4.78, 5) is 25.3. The molecule has 154 valence electrons. The van der Waals surface area contributed by atoms with E-state index in [2.05, 4.69) is 5.32 Å². The van der Waals surface area contributed by atoms with Crippen LogP contribution in [-0.4, -0.2) is 39.4 Å². The van der Waals surface area contributed by atoms with Gasteiger partial charge in [-0.15, -0.1) is 0 Å². The lowest BCUT2D eigenvalue weighted by Gasteiger charge is -2.24. The highest BCUT2D eigenvalue weighted by Gasteiger charge is 2.48. The summed E-state index contributed by atoms with van der Waals surface area (Å²) >= 11 is 0. The Hall–Kier alpha value is -2.84. The number of nitrogens with zero attached hydrogens (tertiary/aromatic N) is 1. The van der Waals surface area contributed by atoms with Gasteiger partial charge in [-0.05, 0) is 47.9 Å². The number of amides is 1. The Kier molecular flexibility index (Phi) is 4.56. The highest BCUT2D eigenvalue weighted by Crippen LogP contribution is 2.53. The summed E-state index contributed by atoms with van der Waals surface area (Å²) in [7, 11) is -1.72. The maximum atomic E-state index is 12.7. The molecule has 0 radical (unpaired) electrons. The van der Waals surface area contributed by atoms with E-state index in [1.165, 1.54) is 0 Å². The van der Waals surface area contributed by atoms with Crippen molar-refractivity contribution < 1.29 is 24.1 Å². The number of nitrogens with one attached hydrogen (secondary N) is 1. The number of hydrogen-bond donors (Lipinski definition) is 3. The second-order valence-corrected chi connectivity index (χ2v) is 8.64. The Balaban J connectivity index is 1.29. The van der Waals surface area contributed by atoms with Crippen LogP contribution in [0.2, 0.25) is 0 Å². The zero-order valence-corrected chi connectivity index (χ0v) is 16.5. The molecule has 30 heavy (non-hydrogen) atoms. The van der Waals surface area contributed by atoms with Gasteiger partial charge in [0.05, 0.1) is 24.3 Å². The van der Waals surface area contributed by atoms with Crippen LogP contribution in [0.1, 0.15) is 40.9 Å². The van der Waals surface area contributed by atoms with Crippen LogP contribution >= 0.6 is 0 Å². The van der Waals surface area contributed by atoms with E-state index in [1.54, 1.807) is 6.26 Å². The molecule has 1 atom stereocenters. The fourth-order valence-electron chi connectivity index (χ4n) is 4.57. The van der Waals surface area contributed by atoms with E-state index in [9.17, 15) is 19.6 Å². The molecule has 3 N–H and O–H groups in total. The lowest BCUT2D eigenvalue weighted by Crippen LogP contribution is -2.48. The Morgan fingerprint density at radius 1 is 1.23 bits per heavy atom. The third kappa shape index (κ3) is 3.46. The molecule has 1 aliphatic carbocycles. The normalized spacial score (nSPS) is 17.7. The highest BCUT2D eigenvalue weighted by molar-refractivity contribution is 6.43. The van der Waals surface area contributed by atoms with Gasteiger partial charge in [-0.1, -0.05) is 18.2 Å². The summed E-state index contributed by atoms with van der Waals surface area (Å²) < 4.78 is 7.47. The van der Waals surface area contributed by atoms with E-state index in [1.807, 2.05) is 41.1 Å². The van der Waals surface area contributed by atoms with E-state index in [4.69, 9.17) is 4.42 Å². The van der Waals surface area contributed by atoms with Crippen molar-refractivity contribution in [2.45, 2.75) is 44.6 Å². The molecular weight excluding hydrogens is 383 g/mol. The molecule has 1 aliphatic heterocycles. The van der Waals surface area contributed by atoms with E-state index < -0.39 is 13.1 Å². The first-order valence-electron chi connectivity index (χ1n) is 10.3. The van der Waals surface area contributed by atoms with Gasteiger partial charge in [0.15, 0.2) is 5.78 Å². The fourth-order valence-corrected chi connectivity index (χ4v) is 4.57. The van der Waals surface area contributed by atoms with Crippen molar-refractivity contribution in [3.63, 3.8) is 0 Å². The maximum Gasteiger partial charge on any atom is 0.475 e. The topological polar surface area (TPSA) is 105 Å². The van der Waals surface area contributed by atoms with Crippen LogP contribution in [0.25, 0.3) is 11.0 Å². The molecule has 3 heterocycles. The predicted molar refractivity (Wildman–Crippen MR) is 111 cm³/mol. The van der Waals surface area contributed by atoms with E-state index in [0.717, 1.165) is 30.3 Å². The minimum atomic E-state index is -1.72. The molecule has 1 amide bonds. The van der Waals surface area contributed by atoms with Crippen molar-refractivity contribution in [3.05, 3.63) is 59.6 Å². The first-order valence-corrected chi connectivity index (χ1v) is 10.3. The molecule has 0 bridgehead atoms. The van der Waals surface area contributed by atoms with Crippen LogP contribution in [0.3, 0.4) is 0 Å². The summed E-state index contributed by atoms with van der Waals surface area (Å²) in [6.45, 7) is 0.835. The number of Topliss-reactive ketones (excluding diaryl/α,β-unsaturated/α-hetero) is 1. The number of aromatic nitrogens is 1. The Bertz CT molecular complexity index is 1130. The van der Waals surface area contributed by atoms with E-state index in [0.29, 0.717) is 23.3 Å². The zero-order chi connectivity index (χ0) is 20.9. The van der Waals surface area contributed by atoms with Gasteiger partial charge < -0.3 is 24.3 Å². The molecule has 0 saturated heterocycles. The van der Waals surface area contributed by atoms with E-state index in [-0.39, 0.29) is 29.9 Å². The molecule has 2 aromatic heterocycles. The summed E-state index contributed by atoms with van der Waals surface area (Å²) in [5, 5.41) is 23.2. The molecule has 1 spiro atoms. The van der Waals surface area contributed by atoms with Gasteiger partial charge in [-0.25, -0.2) is 0 Å². The monoisotopic (exact) mass is 406 g/mol. The van der Waals surface area contributed by atoms with Crippen LogP contribution in [0.15, 0.2) is 47.2 Å². The number of carbonyl (C=O) groups is 2. The smallest absolute Gasteiger partial charge is 0.464 e. The number of furan rings is 1. The van der Waals surface area contributed by atoms with Gasteiger partial charge in [-0.2, -0.15) is 0 Å². The summed E-state index contributed by atoms with van der Waals surface area (Å²) in [5.74, 6) is -1.15. The van der Waals surface area contributed by atoms with Gasteiger partial charge in [0.1, 0.15) is 5.58 Å². The number of carbonyl (C=O) groups excluding carboxylic acids is 2. The largest absolute Gasteiger partial charge is 0.475 e. The molecule has 1 saturated carbocycles. The number of rotatable bonds is 6. The zero-order valence-electron chi connectivity index (χ0n) is 16.5. The highest BCUT2D eigenvalue weighted by atomic mass is 16.4. The van der Waals surface area contributed by atoms with Crippen molar-refractivity contribution in [2.75, 3.05) is 0 Å². The first kappa shape index (κ1) is 19.1. The average molecular weight is 406 g/mol. The number of ketones is 1. The maximum absolute atomic E-state index is 12.7. The minimum Gasteiger partial charge on any atom is -0.464 e. The van der Waals surface area contributed by atoms with Crippen molar-refractivity contribution >= 4 is 29.8 Å². The first-order chi connectivity index (χ1) is 14.4. The molecular formula is C22H23BN2O5. The molecule has 1 aromatic carbocycles. The van der Waals surface area contributed by atoms with Crippen LogP contribution < -0.4 is 5.32 Å². The third-order valence-corrected chi connectivity index (χ3v) is 6.37. The predicted octanol–water partition coefficient (Wildman–Crippen LogP) is 1.88. The molecule has 7 nitrogen and oxygen atoms in total. The second-order valence-electron chi connectivity index (χ2n) is 8.64. The molecule has 2 aliphatic rings. The second kappa shape index (κ2) is 7.14. The minimum absolute atomic E-state index is 0.0242. The van der Waals surface area contributed by atoms with Crippen molar-refractivity contribution in [1.82, 2.24) is 9.88 Å². The fraction of sp³-hybridized carbons (Fsp3) is 0.364. The number of para-hydroxylation sites is 1. The van der Waals surface area contributed by atoms with Gasteiger partial charge in [-0.3, -0.25) is 9.59 Å². The molecule has 1 fully saturated rings. The Morgan fingerprint density at radius 2 is 2.03 bits per heavy atom. The average Bonchev–Trinajstić information content (AvgIpc) is 3.13. The molecule has 3 aromatic rings. The summed E-state index contributed by atoms with van der Waals surface area (Å²) in [5.41, 5.74) is 2.94. The van der Waals surface area contributed by atoms with Crippen molar-refractivity contribution in [1.29, 1.82) is 0 Å². The quantitative estimate of drug-likeness (QED) is 0.543. The van der Waals surface area contributed by atoms with Crippen LogP contribution in [0, 0.1) is 5.41 Å². The molecule has 0 unspecified atom stereocenters. The van der Waals surface area contributed by atoms with Crippen LogP contribution in [0.4, 0.5) is 0 Å². The van der Waals surface area contributed by atoms with Gasteiger partial charge in [0.2, 0.25) is 5.91 Å². The van der Waals surface area contributed by atoms with Gasteiger partial charge >= 0.3 is 7.12 Å². The lowest BCUT2D eigenvalue weighted by molar-refractivity contribution is -0.120. The molecule has 5 rings (SSSR count). The van der Waals surface area contributed by atoms with Gasteiger partial charge in [0, 0.05) is 24.5 Å². The lowest BCUT2D eigenvalue weighted by atomic mass is 9.75. The Morgan fingerprint density at radius 3 is 2.80 bits per heavy atom. The Labute approximate surface area is 173 Å². The molecule has 8 heteroatoms. The van der Waals surface area contributed by atoms with Crippen LogP contribution in [-0.2, 0) is 24.2 Å². The third-order valence-electron chi connectivity index (χ3n) is 6.37. The van der Waals surface area contributed by atoms with Gasteiger partial charge in [0.25, 0.3) is 0 Å².